The number of rotatable bonds is 4. The summed E-state index contributed by atoms with van der Waals surface area (Å²) in [4.78, 5) is 20.5. The van der Waals surface area contributed by atoms with Crippen LogP contribution in [0.2, 0.25) is 0 Å². The first-order valence-electron chi connectivity index (χ1n) is 7.36. The molecule has 0 fully saturated rings. The van der Waals surface area contributed by atoms with E-state index >= 15 is 0 Å². The molecule has 0 bridgehead atoms. The highest BCUT2D eigenvalue weighted by Crippen LogP contribution is 2.28. The number of halogens is 1. The quantitative estimate of drug-likeness (QED) is 0.917. The highest BCUT2D eigenvalue weighted by atomic mass is 35.5. The number of nitrogens with zero attached hydrogens (tertiary/aromatic N) is 2. The molecule has 1 aromatic heterocycles. The van der Waals surface area contributed by atoms with Gasteiger partial charge >= 0.3 is 0 Å². The molecule has 1 aromatic carbocycles. The summed E-state index contributed by atoms with van der Waals surface area (Å²) in [6.07, 6.45) is 0.953. The number of hydrogen-bond donors (Lipinski definition) is 1. The van der Waals surface area contributed by atoms with Crippen LogP contribution in [0.1, 0.15) is 27.9 Å². The zero-order chi connectivity index (χ0) is 15.5. The summed E-state index contributed by atoms with van der Waals surface area (Å²) in [5, 5.41) is 3.57. The normalized spacial score (nSPS) is 13.8. The molecular weight excluding hydrogens is 334 g/mol. The van der Waals surface area contributed by atoms with Gasteiger partial charge in [0.05, 0.1) is 12.8 Å². The van der Waals surface area contributed by atoms with Crippen LogP contribution < -0.4 is 10.1 Å². The van der Waals surface area contributed by atoms with E-state index in [9.17, 15) is 4.79 Å². The number of ether oxygens (including phenoxy) is 1. The second-order valence-electron chi connectivity index (χ2n) is 5.19. The van der Waals surface area contributed by atoms with E-state index in [2.05, 4.69) is 22.1 Å². The van der Waals surface area contributed by atoms with E-state index in [0.717, 1.165) is 31.7 Å². The van der Waals surface area contributed by atoms with E-state index in [0.29, 0.717) is 16.4 Å². The van der Waals surface area contributed by atoms with E-state index < -0.39 is 0 Å². The number of thiazole rings is 1. The van der Waals surface area contributed by atoms with Crippen molar-refractivity contribution in [3.05, 3.63) is 40.4 Å². The van der Waals surface area contributed by atoms with Gasteiger partial charge < -0.3 is 4.74 Å². The van der Waals surface area contributed by atoms with Gasteiger partial charge in [0, 0.05) is 30.0 Å². The number of carbonyl (C=O) groups is 1. The number of benzene rings is 1. The van der Waals surface area contributed by atoms with E-state index in [1.807, 2.05) is 6.07 Å². The molecule has 0 saturated carbocycles. The number of hydrogen-bond acceptors (Lipinski definition) is 5. The molecule has 2 heterocycles. The van der Waals surface area contributed by atoms with E-state index in [1.54, 1.807) is 36.6 Å². The summed E-state index contributed by atoms with van der Waals surface area (Å²) in [6, 6.07) is 7.11. The maximum Gasteiger partial charge on any atom is 0.257 e. The van der Waals surface area contributed by atoms with Crippen molar-refractivity contribution in [2.45, 2.75) is 19.9 Å². The van der Waals surface area contributed by atoms with Crippen molar-refractivity contribution in [2.24, 2.45) is 0 Å². The van der Waals surface area contributed by atoms with E-state index in [4.69, 9.17) is 4.74 Å². The van der Waals surface area contributed by atoms with Crippen LogP contribution in [-0.2, 0) is 13.0 Å². The van der Waals surface area contributed by atoms with Gasteiger partial charge in [-0.05, 0) is 24.7 Å². The highest BCUT2D eigenvalue weighted by Gasteiger charge is 2.20. The molecule has 0 radical (unpaired) electrons. The number of aromatic nitrogens is 1. The molecule has 0 aliphatic carbocycles. The van der Waals surface area contributed by atoms with Crippen molar-refractivity contribution in [1.29, 1.82) is 0 Å². The molecule has 1 amide bonds. The first-order chi connectivity index (χ1) is 10.7. The molecular formula is C16H20ClN3O2S. The number of anilines is 1. The SMILES string of the molecule is CCN1CCc2nc(NC(=O)c3cccc(OC)c3)sc2C1.Cl. The molecule has 3 rings (SSSR count). The van der Waals surface area contributed by atoms with Gasteiger partial charge in [0.1, 0.15) is 5.75 Å². The van der Waals surface area contributed by atoms with Crippen molar-refractivity contribution in [3.63, 3.8) is 0 Å². The van der Waals surface area contributed by atoms with Gasteiger partial charge in [-0.15, -0.1) is 23.7 Å². The van der Waals surface area contributed by atoms with Gasteiger partial charge in [-0.25, -0.2) is 4.98 Å². The lowest BCUT2D eigenvalue weighted by Gasteiger charge is -2.23. The van der Waals surface area contributed by atoms with Crippen LogP contribution in [-0.4, -0.2) is 36.0 Å². The van der Waals surface area contributed by atoms with Gasteiger partial charge in [0.25, 0.3) is 5.91 Å². The average molecular weight is 354 g/mol. The summed E-state index contributed by atoms with van der Waals surface area (Å²) in [7, 11) is 1.59. The molecule has 0 unspecified atom stereocenters. The second kappa shape index (κ2) is 7.77. The Hall–Kier alpha value is -1.63. The fourth-order valence-corrected chi connectivity index (χ4v) is 3.55. The summed E-state index contributed by atoms with van der Waals surface area (Å²) >= 11 is 1.57. The summed E-state index contributed by atoms with van der Waals surface area (Å²) in [5.41, 5.74) is 1.69. The maximum absolute atomic E-state index is 12.3. The van der Waals surface area contributed by atoms with E-state index in [1.165, 1.54) is 4.88 Å². The molecule has 0 spiro atoms. The van der Waals surface area contributed by atoms with Gasteiger partial charge in [-0.1, -0.05) is 13.0 Å². The Morgan fingerprint density at radius 1 is 1.48 bits per heavy atom. The Bertz CT molecular complexity index is 690. The van der Waals surface area contributed by atoms with Gasteiger partial charge in [0.2, 0.25) is 0 Å². The molecule has 7 heteroatoms. The maximum atomic E-state index is 12.3. The number of fused-ring (bicyclic) bond motifs is 1. The first kappa shape index (κ1) is 17.7. The Kier molecular flexibility index (Phi) is 5.98. The van der Waals surface area contributed by atoms with Gasteiger partial charge in [0.15, 0.2) is 5.13 Å². The Labute approximate surface area is 146 Å². The van der Waals surface area contributed by atoms with Crippen LogP contribution >= 0.6 is 23.7 Å². The lowest BCUT2D eigenvalue weighted by Crippen LogP contribution is -2.29. The molecule has 124 valence electrons. The van der Waals surface area contributed by atoms with Crippen LogP contribution in [0.3, 0.4) is 0 Å². The van der Waals surface area contributed by atoms with Crippen molar-refractivity contribution in [2.75, 3.05) is 25.5 Å². The Morgan fingerprint density at radius 2 is 2.30 bits per heavy atom. The average Bonchev–Trinajstić information content (AvgIpc) is 2.95. The van der Waals surface area contributed by atoms with Crippen LogP contribution in [0.25, 0.3) is 0 Å². The minimum atomic E-state index is -0.155. The van der Waals surface area contributed by atoms with Crippen LogP contribution in [0.4, 0.5) is 5.13 Å². The number of likely N-dealkylation sites (N-methyl/N-ethyl adjacent to an activating group) is 1. The molecule has 23 heavy (non-hydrogen) atoms. The van der Waals surface area contributed by atoms with Crippen molar-refractivity contribution >= 4 is 34.8 Å². The summed E-state index contributed by atoms with van der Waals surface area (Å²) in [6.45, 7) is 5.18. The molecule has 1 N–H and O–H groups in total. The minimum Gasteiger partial charge on any atom is -0.497 e. The van der Waals surface area contributed by atoms with Crippen molar-refractivity contribution < 1.29 is 9.53 Å². The van der Waals surface area contributed by atoms with Gasteiger partial charge in [-0.2, -0.15) is 0 Å². The highest BCUT2D eigenvalue weighted by molar-refractivity contribution is 7.15. The summed E-state index contributed by atoms with van der Waals surface area (Å²) in [5.74, 6) is 0.516. The van der Waals surface area contributed by atoms with Crippen LogP contribution in [0, 0.1) is 0 Å². The fraction of sp³-hybridized carbons (Fsp3) is 0.375. The lowest BCUT2D eigenvalue weighted by atomic mass is 10.2. The minimum absolute atomic E-state index is 0. The summed E-state index contributed by atoms with van der Waals surface area (Å²) < 4.78 is 5.15. The topological polar surface area (TPSA) is 54.5 Å². The largest absolute Gasteiger partial charge is 0.497 e. The lowest BCUT2D eigenvalue weighted by molar-refractivity contribution is 0.102. The first-order valence-corrected chi connectivity index (χ1v) is 8.17. The smallest absolute Gasteiger partial charge is 0.257 e. The molecule has 2 aromatic rings. The van der Waals surface area contributed by atoms with Gasteiger partial charge in [-0.3, -0.25) is 15.0 Å². The third-order valence-electron chi connectivity index (χ3n) is 3.81. The molecule has 5 nitrogen and oxygen atoms in total. The molecule has 1 aliphatic rings. The van der Waals surface area contributed by atoms with Crippen LogP contribution in [0.5, 0.6) is 5.75 Å². The monoisotopic (exact) mass is 353 g/mol. The predicted molar refractivity (Wildman–Crippen MR) is 95.0 cm³/mol. The van der Waals surface area contributed by atoms with Crippen molar-refractivity contribution in [1.82, 2.24) is 9.88 Å². The number of amides is 1. The van der Waals surface area contributed by atoms with Crippen molar-refractivity contribution in [3.8, 4) is 5.75 Å². The number of carbonyl (C=O) groups excluding carboxylic acids is 1. The fourth-order valence-electron chi connectivity index (χ4n) is 2.51. The third kappa shape index (κ3) is 4.02. The Morgan fingerprint density at radius 3 is 3.04 bits per heavy atom. The second-order valence-corrected chi connectivity index (χ2v) is 6.28. The predicted octanol–water partition coefficient (Wildman–Crippen LogP) is 3.20. The zero-order valence-electron chi connectivity index (χ0n) is 13.2. The molecule has 0 atom stereocenters. The number of methoxy groups -OCH3 is 1. The van der Waals surface area contributed by atoms with Crippen LogP contribution in [0.15, 0.2) is 24.3 Å². The standard InChI is InChI=1S/C16H19N3O2S.ClH/c1-3-19-8-7-13-14(10-19)22-16(17-13)18-15(20)11-5-4-6-12(9-11)21-2;/h4-6,9H,3,7-8,10H2,1-2H3,(H,17,18,20);1H. The molecule has 0 saturated heterocycles. The Balaban J connectivity index is 0.00000192. The zero-order valence-corrected chi connectivity index (χ0v) is 14.8. The third-order valence-corrected chi connectivity index (χ3v) is 4.81. The van der Waals surface area contributed by atoms with E-state index in [-0.39, 0.29) is 18.3 Å². The molecule has 1 aliphatic heterocycles. The number of nitrogens with one attached hydrogen (secondary N) is 1.